The maximum absolute atomic E-state index is 14.1. The van der Waals surface area contributed by atoms with Crippen LogP contribution >= 0.6 is 0 Å². The van der Waals surface area contributed by atoms with Gasteiger partial charge in [-0.05, 0) is 11.1 Å². The fourth-order valence-electron chi connectivity index (χ4n) is 2.18. The van der Waals surface area contributed by atoms with Crippen molar-refractivity contribution in [1.29, 1.82) is 0 Å². The van der Waals surface area contributed by atoms with Crippen LogP contribution in [-0.2, 0) is 16.8 Å². The Balaban J connectivity index is 2.42. The van der Waals surface area contributed by atoms with Crippen LogP contribution in [0.2, 0.25) is 0 Å². The molecule has 2 aromatic rings. The first-order chi connectivity index (χ1) is 9.54. The van der Waals surface area contributed by atoms with Gasteiger partial charge >= 0.3 is 5.97 Å². The van der Waals surface area contributed by atoms with Crippen molar-refractivity contribution >= 4 is 5.97 Å². The molecule has 0 bridgehead atoms. The number of carbonyl (C=O) groups is 1. The molecule has 20 heavy (non-hydrogen) atoms. The lowest BCUT2D eigenvalue weighted by atomic mass is 9.83. The zero-order valence-electron chi connectivity index (χ0n) is 10.7. The van der Waals surface area contributed by atoms with Crippen LogP contribution in [0.15, 0.2) is 60.7 Å². The molecule has 0 fully saturated rings. The Hall–Kier alpha value is -2.20. The van der Waals surface area contributed by atoms with Gasteiger partial charge in [-0.25, -0.2) is 9.18 Å². The van der Waals surface area contributed by atoms with Gasteiger partial charge in [-0.3, -0.25) is 0 Å². The summed E-state index contributed by atoms with van der Waals surface area (Å²) >= 11 is 0. The fourth-order valence-corrected chi connectivity index (χ4v) is 2.18. The third-order valence-corrected chi connectivity index (χ3v) is 3.23. The van der Waals surface area contributed by atoms with Gasteiger partial charge in [0.15, 0.2) is 0 Å². The summed E-state index contributed by atoms with van der Waals surface area (Å²) in [5.41, 5.74) is -1.17. The van der Waals surface area contributed by atoms with Gasteiger partial charge in [-0.1, -0.05) is 60.7 Å². The number of hydrogen-bond acceptors (Lipinski definition) is 2. The molecule has 0 aliphatic carbocycles. The van der Waals surface area contributed by atoms with Gasteiger partial charge in [0, 0.05) is 6.42 Å². The molecule has 4 heteroatoms. The predicted octanol–water partition coefficient (Wildman–Crippen LogP) is 2.54. The molecule has 0 radical (unpaired) electrons. The van der Waals surface area contributed by atoms with Crippen molar-refractivity contribution in [2.75, 3.05) is 0 Å². The summed E-state index contributed by atoms with van der Waals surface area (Å²) in [4.78, 5) is 11.0. The molecule has 2 atom stereocenters. The zero-order chi connectivity index (χ0) is 14.6. The smallest absolute Gasteiger partial charge is 0.341 e. The number of rotatable bonds is 5. The summed E-state index contributed by atoms with van der Waals surface area (Å²) in [6, 6.07) is 16.8. The molecule has 0 aromatic heterocycles. The third kappa shape index (κ3) is 2.86. The minimum absolute atomic E-state index is 0.106. The SMILES string of the molecule is O=C(O)[C@@H](F)[C@@](O)(Cc1ccccc1)c1ccccc1. The van der Waals surface area contributed by atoms with E-state index in [1.807, 2.05) is 0 Å². The van der Waals surface area contributed by atoms with Crippen LogP contribution in [0.1, 0.15) is 11.1 Å². The first-order valence-corrected chi connectivity index (χ1v) is 6.23. The molecule has 0 unspecified atom stereocenters. The van der Waals surface area contributed by atoms with Gasteiger partial charge in [0.2, 0.25) is 6.17 Å². The van der Waals surface area contributed by atoms with Gasteiger partial charge in [-0.2, -0.15) is 0 Å². The molecule has 2 N–H and O–H groups in total. The van der Waals surface area contributed by atoms with Crippen molar-refractivity contribution in [1.82, 2.24) is 0 Å². The Morgan fingerprint density at radius 3 is 2.05 bits per heavy atom. The highest BCUT2D eigenvalue weighted by Crippen LogP contribution is 2.31. The average Bonchev–Trinajstić information content (AvgIpc) is 2.48. The summed E-state index contributed by atoms with van der Waals surface area (Å²) in [7, 11) is 0. The maximum atomic E-state index is 14.1. The van der Waals surface area contributed by atoms with Crippen LogP contribution < -0.4 is 0 Å². The van der Waals surface area contributed by atoms with E-state index in [1.54, 1.807) is 48.5 Å². The number of carboxylic acid groups (broad SMARTS) is 1. The molecule has 0 heterocycles. The van der Waals surface area contributed by atoms with Crippen molar-refractivity contribution in [3.05, 3.63) is 71.8 Å². The summed E-state index contributed by atoms with van der Waals surface area (Å²) in [5.74, 6) is -1.67. The molecule has 0 spiro atoms. The number of halogens is 1. The highest BCUT2D eigenvalue weighted by Gasteiger charge is 2.43. The van der Waals surface area contributed by atoms with Gasteiger partial charge in [-0.15, -0.1) is 0 Å². The minimum atomic E-state index is -2.40. The summed E-state index contributed by atoms with van der Waals surface area (Å²) < 4.78 is 14.1. The van der Waals surface area contributed by atoms with Crippen molar-refractivity contribution in [3.8, 4) is 0 Å². The van der Waals surface area contributed by atoms with E-state index >= 15 is 0 Å². The van der Waals surface area contributed by atoms with Gasteiger partial charge in [0.25, 0.3) is 0 Å². The molecule has 0 amide bonds. The van der Waals surface area contributed by atoms with Crippen molar-refractivity contribution in [2.45, 2.75) is 18.2 Å². The van der Waals surface area contributed by atoms with Crippen LogP contribution in [-0.4, -0.2) is 22.4 Å². The molecule has 3 nitrogen and oxygen atoms in total. The Morgan fingerprint density at radius 2 is 1.55 bits per heavy atom. The minimum Gasteiger partial charge on any atom is -0.479 e. The third-order valence-electron chi connectivity index (χ3n) is 3.23. The largest absolute Gasteiger partial charge is 0.479 e. The van der Waals surface area contributed by atoms with Gasteiger partial charge in [0.1, 0.15) is 5.60 Å². The summed E-state index contributed by atoms with van der Waals surface area (Å²) in [6.07, 6.45) is -2.50. The molecule has 2 rings (SSSR count). The Kier molecular flexibility index (Phi) is 4.15. The molecular weight excluding hydrogens is 259 g/mol. The van der Waals surface area contributed by atoms with Crippen LogP contribution in [0.5, 0.6) is 0 Å². The van der Waals surface area contributed by atoms with E-state index in [2.05, 4.69) is 0 Å². The summed E-state index contributed by atoms with van der Waals surface area (Å²) in [6.45, 7) is 0. The number of benzene rings is 2. The Bertz CT molecular complexity index is 571. The molecule has 0 saturated carbocycles. The highest BCUT2D eigenvalue weighted by atomic mass is 19.1. The fraction of sp³-hybridized carbons (Fsp3) is 0.188. The second-order valence-corrected chi connectivity index (χ2v) is 4.65. The van der Waals surface area contributed by atoms with E-state index in [0.717, 1.165) is 0 Å². The number of aliphatic hydroxyl groups is 1. The highest BCUT2D eigenvalue weighted by molar-refractivity contribution is 5.74. The second kappa shape index (κ2) is 5.84. The molecule has 0 aliphatic heterocycles. The average molecular weight is 274 g/mol. The van der Waals surface area contributed by atoms with E-state index in [4.69, 9.17) is 5.11 Å². The maximum Gasteiger partial charge on any atom is 0.341 e. The normalized spacial score (nSPS) is 15.3. The quantitative estimate of drug-likeness (QED) is 0.881. The predicted molar refractivity (Wildman–Crippen MR) is 73.0 cm³/mol. The van der Waals surface area contributed by atoms with Crippen molar-refractivity contribution < 1.29 is 19.4 Å². The molecule has 2 aromatic carbocycles. The summed E-state index contributed by atoms with van der Waals surface area (Å²) in [5, 5.41) is 19.5. The standard InChI is InChI=1S/C16H15FO3/c17-14(15(18)19)16(20,13-9-5-2-6-10-13)11-12-7-3-1-4-8-12/h1-10,14,20H,11H2,(H,18,19)/t14-,16-/m1/s1. The zero-order valence-corrected chi connectivity index (χ0v) is 10.7. The monoisotopic (exact) mass is 274 g/mol. The van der Waals surface area contributed by atoms with E-state index in [-0.39, 0.29) is 12.0 Å². The number of carboxylic acids is 1. The van der Waals surface area contributed by atoms with Crippen LogP contribution in [0.4, 0.5) is 4.39 Å². The van der Waals surface area contributed by atoms with Crippen LogP contribution in [0.25, 0.3) is 0 Å². The molecular formula is C16H15FO3. The Morgan fingerprint density at radius 1 is 1.05 bits per heavy atom. The van der Waals surface area contributed by atoms with Crippen LogP contribution in [0.3, 0.4) is 0 Å². The number of aliphatic carboxylic acids is 1. The van der Waals surface area contributed by atoms with E-state index in [0.29, 0.717) is 5.56 Å². The number of alkyl halides is 1. The topological polar surface area (TPSA) is 57.5 Å². The lowest BCUT2D eigenvalue weighted by Crippen LogP contribution is -2.43. The van der Waals surface area contributed by atoms with Gasteiger partial charge < -0.3 is 10.2 Å². The molecule has 0 aliphatic rings. The first kappa shape index (κ1) is 14.2. The molecule has 0 saturated heterocycles. The second-order valence-electron chi connectivity index (χ2n) is 4.65. The van der Waals surface area contributed by atoms with Crippen molar-refractivity contribution in [3.63, 3.8) is 0 Å². The number of hydrogen-bond donors (Lipinski definition) is 2. The first-order valence-electron chi connectivity index (χ1n) is 6.23. The molecule has 104 valence electrons. The van der Waals surface area contributed by atoms with E-state index in [1.165, 1.54) is 12.1 Å². The van der Waals surface area contributed by atoms with E-state index < -0.39 is 17.7 Å². The van der Waals surface area contributed by atoms with Gasteiger partial charge in [0.05, 0.1) is 0 Å². The van der Waals surface area contributed by atoms with Crippen molar-refractivity contribution in [2.24, 2.45) is 0 Å². The van der Waals surface area contributed by atoms with Crippen LogP contribution in [0, 0.1) is 0 Å². The Labute approximate surface area is 116 Å². The van der Waals surface area contributed by atoms with E-state index in [9.17, 15) is 14.3 Å². The lowest BCUT2D eigenvalue weighted by molar-refractivity contribution is -0.155. The lowest BCUT2D eigenvalue weighted by Gasteiger charge is -2.30.